The first kappa shape index (κ1) is 16.0. The van der Waals surface area contributed by atoms with Gasteiger partial charge < -0.3 is 15.5 Å². The van der Waals surface area contributed by atoms with Crippen LogP contribution in [0.25, 0.3) is 0 Å². The maximum atomic E-state index is 11.9. The number of hydrogen-bond donors (Lipinski definition) is 3. The number of hydrogen-bond acceptors (Lipinski definition) is 5. The van der Waals surface area contributed by atoms with Crippen molar-refractivity contribution in [2.24, 2.45) is 10.8 Å². The molecule has 0 saturated heterocycles. The Morgan fingerprint density at radius 2 is 1.96 bits per heavy atom. The lowest BCUT2D eigenvalue weighted by Gasteiger charge is -2.06. The topological polar surface area (TPSA) is 127 Å². The third kappa shape index (κ3) is 4.27. The largest absolute Gasteiger partial charge is 0.459 e. The number of primary amides is 1. The molecule has 0 saturated carbocycles. The van der Waals surface area contributed by atoms with Crippen molar-refractivity contribution in [1.82, 2.24) is 5.43 Å². The number of nitrogens with two attached hydrogens (primary N) is 1. The van der Waals surface area contributed by atoms with E-state index in [-0.39, 0.29) is 11.7 Å². The van der Waals surface area contributed by atoms with Crippen LogP contribution in [0, 0.1) is 0 Å². The SMILES string of the molecule is C/C(=N\NC(=O)C(N)=O)c1cccc(NC(=O)c2ccco2)c1. The zero-order valence-electron chi connectivity index (χ0n) is 12.2. The standard InChI is InChI=1S/C15H14N4O4/c1-9(18-19-15(22)13(16)20)10-4-2-5-11(8-10)17-14(21)12-6-3-7-23-12/h2-8H,1H3,(H2,16,20)(H,17,21)(H,19,22)/b18-9+. The quantitative estimate of drug-likeness (QED) is 0.439. The van der Waals surface area contributed by atoms with Gasteiger partial charge in [-0.3, -0.25) is 14.4 Å². The molecule has 0 aliphatic carbocycles. The van der Waals surface area contributed by atoms with E-state index in [1.54, 1.807) is 43.3 Å². The first-order valence-corrected chi connectivity index (χ1v) is 6.56. The fourth-order valence-corrected chi connectivity index (χ4v) is 1.68. The number of furan rings is 1. The molecule has 8 heteroatoms. The van der Waals surface area contributed by atoms with Crippen molar-refractivity contribution in [1.29, 1.82) is 0 Å². The zero-order chi connectivity index (χ0) is 16.8. The average Bonchev–Trinajstić information content (AvgIpc) is 3.07. The fourth-order valence-electron chi connectivity index (χ4n) is 1.68. The number of rotatable bonds is 4. The third-order valence-electron chi connectivity index (χ3n) is 2.83. The van der Waals surface area contributed by atoms with Gasteiger partial charge in [0, 0.05) is 5.69 Å². The lowest BCUT2D eigenvalue weighted by molar-refractivity contribution is -0.137. The summed E-state index contributed by atoms with van der Waals surface area (Å²) in [6, 6.07) is 9.96. The van der Waals surface area contributed by atoms with Gasteiger partial charge in [0.25, 0.3) is 5.91 Å². The van der Waals surface area contributed by atoms with E-state index < -0.39 is 11.8 Å². The van der Waals surface area contributed by atoms with Crippen LogP contribution in [-0.2, 0) is 9.59 Å². The number of carbonyl (C=O) groups excluding carboxylic acids is 3. The Morgan fingerprint density at radius 3 is 2.61 bits per heavy atom. The van der Waals surface area contributed by atoms with E-state index in [9.17, 15) is 14.4 Å². The lowest BCUT2D eigenvalue weighted by Crippen LogP contribution is -2.33. The van der Waals surface area contributed by atoms with Crippen molar-refractivity contribution >= 4 is 29.1 Å². The van der Waals surface area contributed by atoms with E-state index in [0.717, 1.165) is 0 Å². The van der Waals surface area contributed by atoms with Gasteiger partial charge in [-0.1, -0.05) is 12.1 Å². The first-order chi connectivity index (χ1) is 11.0. The molecule has 2 aromatic rings. The minimum atomic E-state index is -1.12. The number of amides is 3. The van der Waals surface area contributed by atoms with Gasteiger partial charge in [0.15, 0.2) is 5.76 Å². The summed E-state index contributed by atoms with van der Waals surface area (Å²) in [5, 5.41) is 6.44. The van der Waals surface area contributed by atoms with Gasteiger partial charge in [-0.05, 0) is 36.8 Å². The smallest absolute Gasteiger partial charge is 0.329 e. The molecular formula is C15H14N4O4. The van der Waals surface area contributed by atoms with Crippen LogP contribution in [0.1, 0.15) is 23.0 Å². The molecule has 3 amide bonds. The average molecular weight is 314 g/mol. The molecule has 0 aliphatic rings. The number of nitrogens with zero attached hydrogens (tertiary/aromatic N) is 1. The van der Waals surface area contributed by atoms with E-state index in [2.05, 4.69) is 10.4 Å². The van der Waals surface area contributed by atoms with Crippen LogP contribution in [0.15, 0.2) is 52.2 Å². The second kappa shape index (κ2) is 7.03. The van der Waals surface area contributed by atoms with Crippen LogP contribution >= 0.6 is 0 Å². The predicted octanol–water partition coefficient (Wildman–Crippen LogP) is 0.857. The maximum absolute atomic E-state index is 11.9. The Kier molecular flexibility index (Phi) is 4.88. The molecular weight excluding hydrogens is 300 g/mol. The molecule has 23 heavy (non-hydrogen) atoms. The van der Waals surface area contributed by atoms with Crippen LogP contribution in [0.5, 0.6) is 0 Å². The molecule has 0 bridgehead atoms. The number of benzene rings is 1. The molecule has 1 heterocycles. The molecule has 0 unspecified atom stereocenters. The summed E-state index contributed by atoms with van der Waals surface area (Å²) >= 11 is 0. The minimum Gasteiger partial charge on any atom is -0.459 e. The molecule has 8 nitrogen and oxygen atoms in total. The highest BCUT2D eigenvalue weighted by Gasteiger charge is 2.10. The van der Waals surface area contributed by atoms with Crippen molar-refractivity contribution < 1.29 is 18.8 Å². The second-order valence-corrected chi connectivity index (χ2v) is 4.51. The minimum absolute atomic E-state index is 0.189. The summed E-state index contributed by atoms with van der Waals surface area (Å²) in [4.78, 5) is 33.6. The molecule has 0 fully saturated rings. The van der Waals surface area contributed by atoms with Crippen LogP contribution in [0.2, 0.25) is 0 Å². The number of anilines is 1. The summed E-state index contributed by atoms with van der Waals surface area (Å²) < 4.78 is 5.01. The van der Waals surface area contributed by atoms with Crippen LogP contribution in [0.3, 0.4) is 0 Å². The highest BCUT2D eigenvalue weighted by molar-refractivity contribution is 6.34. The van der Waals surface area contributed by atoms with E-state index in [0.29, 0.717) is 17.0 Å². The Balaban J connectivity index is 2.10. The van der Waals surface area contributed by atoms with Crippen LogP contribution in [-0.4, -0.2) is 23.4 Å². The third-order valence-corrected chi connectivity index (χ3v) is 2.83. The van der Waals surface area contributed by atoms with Gasteiger partial charge >= 0.3 is 11.8 Å². The molecule has 0 atom stereocenters. The molecule has 1 aromatic carbocycles. The number of nitrogens with one attached hydrogen (secondary N) is 2. The van der Waals surface area contributed by atoms with Crippen LogP contribution in [0.4, 0.5) is 5.69 Å². The van der Waals surface area contributed by atoms with Crippen molar-refractivity contribution in [2.45, 2.75) is 6.92 Å². The van der Waals surface area contributed by atoms with Crippen molar-refractivity contribution in [3.63, 3.8) is 0 Å². The Hall–Kier alpha value is -3.42. The Morgan fingerprint density at radius 1 is 1.17 bits per heavy atom. The normalized spacial score (nSPS) is 10.9. The predicted molar refractivity (Wildman–Crippen MR) is 82.7 cm³/mol. The summed E-state index contributed by atoms with van der Waals surface area (Å²) in [6.45, 7) is 1.63. The lowest BCUT2D eigenvalue weighted by atomic mass is 10.1. The molecule has 0 radical (unpaired) electrons. The van der Waals surface area contributed by atoms with E-state index >= 15 is 0 Å². The Labute approximate surface area is 131 Å². The molecule has 0 aliphatic heterocycles. The molecule has 4 N–H and O–H groups in total. The van der Waals surface area contributed by atoms with Crippen molar-refractivity contribution in [2.75, 3.05) is 5.32 Å². The molecule has 0 spiro atoms. The molecule has 2 rings (SSSR count). The fraction of sp³-hybridized carbons (Fsp3) is 0.0667. The summed E-state index contributed by atoms with van der Waals surface area (Å²) in [6.07, 6.45) is 1.41. The summed E-state index contributed by atoms with van der Waals surface area (Å²) in [5.41, 5.74) is 8.46. The summed E-state index contributed by atoms with van der Waals surface area (Å²) in [7, 11) is 0. The van der Waals surface area contributed by atoms with Gasteiger partial charge in [-0.15, -0.1) is 0 Å². The zero-order valence-corrected chi connectivity index (χ0v) is 12.2. The molecule has 118 valence electrons. The van der Waals surface area contributed by atoms with E-state index in [4.69, 9.17) is 10.2 Å². The van der Waals surface area contributed by atoms with E-state index in [1.165, 1.54) is 6.26 Å². The Bertz CT molecular complexity index is 766. The van der Waals surface area contributed by atoms with Gasteiger partial charge in [0.2, 0.25) is 0 Å². The summed E-state index contributed by atoms with van der Waals surface area (Å²) in [5.74, 6) is -2.33. The van der Waals surface area contributed by atoms with E-state index in [1.807, 2.05) is 5.43 Å². The monoisotopic (exact) mass is 314 g/mol. The van der Waals surface area contributed by atoms with Gasteiger partial charge in [-0.25, -0.2) is 5.43 Å². The van der Waals surface area contributed by atoms with Crippen molar-refractivity contribution in [3.8, 4) is 0 Å². The van der Waals surface area contributed by atoms with Gasteiger partial charge in [0.05, 0.1) is 12.0 Å². The highest BCUT2D eigenvalue weighted by Crippen LogP contribution is 2.13. The first-order valence-electron chi connectivity index (χ1n) is 6.56. The number of hydrazone groups is 1. The van der Waals surface area contributed by atoms with Crippen molar-refractivity contribution in [3.05, 3.63) is 54.0 Å². The molecule has 1 aromatic heterocycles. The van der Waals surface area contributed by atoms with Gasteiger partial charge in [-0.2, -0.15) is 5.10 Å². The maximum Gasteiger partial charge on any atom is 0.329 e. The van der Waals surface area contributed by atoms with Crippen LogP contribution < -0.4 is 16.5 Å². The second-order valence-electron chi connectivity index (χ2n) is 4.51. The van der Waals surface area contributed by atoms with Gasteiger partial charge in [0.1, 0.15) is 0 Å². The highest BCUT2D eigenvalue weighted by atomic mass is 16.3. The number of carbonyl (C=O) groups is 3.